The number of aliphatic hydroxyl groups excluding tert-OH is 1. The van der Waals surface area contributed by atoms with E-state index in [1.807, 2.05) is 0 Å². The molecule has 1 aliphatic rings. The van der Waals surface area contributed by atoms with Crippen LogP contribution in [0, 0.1) is 5.82 Å². The monoisotopic (exact) mass is 660 g/mol. The fraction of sp³-hybridized carbons (Fsp3) is 0.258. The molecule has 4 N–H and O–H groups in total. The highest BCUT2D eigenvalue weighted by molar-refractivity contribution is 6.37. The molecule has 0 saturated heterocycles. The number of urea groups is 1. The summed E-state index contributed by atoms with van der Waals surface area (Å²) in [6.07, 6.45) is 0.201. The minimum absolute atomic E-state index is 0.147. The molecule has 45 heavy (non-hydrogen) atoms. The number of nitrogens with zero attached hydrogens (tertiary/aromatic N) is 1. The van der Waals surface area contributed by atoms with Crippen LogP contribution in [0.1, 0.15) is 36.6 Å². The summed E-state index contributed by atoms with van der Waals surface area (Å²) in [4.78, 5) is 24.6. The Morgan fingerprint density at radius 2 is 1.80 bits per heavy atom. The van der Waals surface area contributed by atoms with Crippen LogP contribution in [-0.2, 0) is 16.1 Å². The maximum Gasteiger partial charge on any atom is 0.337 e. The third-order valence-electron chi connectivity index (χ3n) is 6.43. The first kappa shape index (κ1) is 33.4. The van der Waals surface area contributed by atoms with Crippen molar-refractivity contribution < 1.29 is 38.0 Å². The van der Waals surface area contributed by atoms with E-state index in [0.29, 0.717) is 34.9 Å². The number of carbonyl (C=O) groups excluding carboxylic acids is 2. The van der Waals surface area contributed by atoms with E-state index < -0.39 is 24.3 Å². The maximum atomic E-state index is 13.1. The zero-order chi connectivity index (χ0) is 32.5. The molecule has 0 aliphatic carbocycles. The summed E-state index contributed by atoms with van der Waals surface area (Å²) in [5, 5.41) is 20.2. The third-order valence-corrected chi connectivity index (χ3v) is 6.99. The molecule has 0 saturated carbocycles. The minimum atomic E-state index is -1.21. The first-order chi connectivity index (χ1) is 21.6. The van der Waals surface area contributed by atoms with Gasteiger partial charge in [-0.3, -0.25) is 5.43 Å². The normalized spacial score (nSPS) is 15.3. The fourth-order valence-electron chi connectivity index (χ4n) is 4.35. The van der Waals surface area contributed by atoms with Crippen LogP contribution in [0.5, 0.6) is 17.2 Å². The van der Waals surface area contributed by atoms with Crippen LogP contribution in [0.4, 0.5) is 9.18 Å². The molecule has 2 amide bonds. The van der Waals surface area contributed by atoms with Crippen molar-refractivity contribution in [3.63, 3.8) is 0 Å². The Kier molecular flexibility index (Phi) is 11.5. The van der Waals surface area contributed by atoms with E-state index in [4.69, 9.17) is 42.1 Å². The summed E-state index contributed by atoms with van der Waals surface area (Å²) in [6, 6.07) is 12.7. The Hall–Kier alpha value is -4.52. The molecule has 238 valence electrons. The lowest BCUT2D eigenvalue weighted by Crippen LogP contribution is -2.45. The second kappa shape index (κ2) is 15.5. The number of rotatable bonds is 13. The number of hydrogen-bond donors (Lipinski definition) is 4. The summed E-state index contributed by atoms with van der Waals surface area (Å²) in [6.45, 7) is 3.66. The van der Waals surface area contributed by atoms with Crippen molar-refractivity contribution in [2.24, 2.45) is 5.10 Å². The van der Waals surface area contributed by atoms with E-state index in [9.17, 15) is 19.1 Å². The number of esters is 1. The molecular weight excluding hydrogens is 630 g/mol. The van der Waals surface area contributed by atoms with E-state index in [1.165, 1.54) is 25.5 Å². The van der Waals surface area contributed by atoms with Crippen molar-refractivity contribution in [3.8, 4) is 17.2 Å². The molecule has 11 nitrogen and oxygen atoms in total. The Labute approximate surface area is 268 Å². The quantitative estimate of drug-likeness (QED) is 0.0846. The van der Waals surface area contributed by atoms with Crippen LogP contribution >= 0.6 is 23.2 Å². The Bertz CT molecular complexity index is 1580. The topological polar surface area (TPSA) is 140 Å². The lowest BCUT2D eigenvalue weighted by molar-refractivity contribution is -0.136. The van der Waals surface area contributed by atoms with Crippen LogP contribution in [0.25, 0.3) is 0 Å². The first-order valence-electron chi connectivity index (χ1n) is 13.7. The Morgan fingerprint density at radius 3 is 2.47 bits per heavy atom. The van der Waals surface area contributed by atoms with Crippen molar-refractivity contribution >= 4 is 41.4 Å². The molecule has 1 heterocycles. The van der Waals surface area contributed by atoms with Gasteiger partial charge in [-0.2, -0.15) is 5.10 Å². The SMILES string of the molecule is CCOc1cc([C@H]2NC(=O)NC(C)=C2C(=O)OC)ccc1OC[C@@H](O)N/N=C\c1cc(Cl)c(OCc2ccc(F)cc2)c(Cl)c1. The van der Waals surface area contributed by atoms with Gasteiger partial charge in [0.2, 0.25) is 0 Å². The van der Waals surface area contributed by atoms with Gasteiger partial charge >= 0.3 is 12.0 Å². The van der Waals surface area contributed by atoms with E-state index in [0.717, 1.165) is 5.56 Å². The van der Waals surface area contributed by atoms with E-state index in [1.54, 1.807) is 56.3 Å². The molecule has 0 radical (unpaired) electrons. The van der Waals surface area contributed by atoms with E-state index in [2.05, 4.69) is 21.2 Å². The number of halogens is 3. The molecule has 0 fully saturated rings. The highest BCUT2D eigenvalue weighted by Crippen LogP contribution is 2.36. The molecule has 2 atom stereocenters. The molecule has 0 unspecified atom stereocenters. The predicted molar refractivity (Wildman–Crippen MR) is 166 cm³/mol. The number of hydrogen-bond acceptors (Lipinski definition) is 9. The summed E-state index contributed by atoms with van der Waals surface area (Å²) < 4.78 is 35.2. The Morgan fingerprint density at radius 1 is 1.09 bits per heavy atom. The number of nitrogens with one attached hydrogen (secondary N) is 3. The zero-order valence-electron chi connectivity index (χ0n) is 24.5. The van der Waals surface area contributed by atoms with Gasteiger partial charge in [0.15, 0.2) is 23.5 Å². The molecule has 3 aromatic carbocycles. The zero-order valence-corrected chi connectivity index (χ0v) is 26.0. The number of allylic oxidation sites excluding steroid dienone is 1. The molecule has 0 bridgehead atoms. The van der Waals surface area contributed by atoms with Crippen molar-refractivity contribution in [3.05, 3.63) is 98.4 Å². The van der Waals surface area contributed by atoms with Crippen LogP contribution in [0.15, 0.2) is 71.0 Å². The Balaban J connectivity index is 1.37. The number of aliphatic hydroxyl groups is 1. The number of methoxy groups -OCH3 is 1. The number of ether oxygens (including phenoxy) is 4. The predicted octanol–water partition coefficient (Wildman–Crippen LogP) is 5.23. The van der Waals surface area contributed by atoms with Crippen LogP contribution in [-0.4, -0.2) is 49.9 Å². The summed E-state index contributed by atoms with van der Waals surface area (Å²) >= 11 is 12.7. The smallest absolute Gasteiger partial charge is 0.337 e. The van der Waals surface area contributed by atoms with Gasteiger partial charge in [0.05, 0.1) is 41.6 Å². The minimum Gasteiger partial charge on any atom is -0.490 e. The standard InChI is InChI=1S/C31H31Cl2FN4O7/c1-4-43-25-13-20(28-27(30(40)42-3)17(2)36-31(41)37-28)7-10-24(25)44-16-26(39)38-35-14-19-11-22(32)29(23(33)12-19)45-15-18-5-8-21(34)9-6-18/h5-14,26,28,38-39H,4,15-16H2,1-3H3,(H2,36,37,41)/b35-14-/t26-,28-/m1/s1. The largest absolute Gasteiger partial charge is 0.490 e. The molecule has 14 heteroatoms. The lowest BCUT2D eigenvalue weighted by atomic mass is 9.95. The number of amides is 2. The molecule has 0 spiro atoms. The van der Waals surface area contributed by atoms with Gasteiger partial charge in [-0.25, -0.2) is 14.0 Å². The maximum absolute atomic E-state index is 13.1. The van der Waals surface area contributed by atoms with Gasteiger partial charge in [0.1, 0.15) is 19.0 Å². The van der Waals surface area contributed by atoms with Gasteiger partial charge in [0, 0.05) is 5.70 Å². The second-order valence-corrected chi connectivity index (χ2v) is 10.5. The molecule has 4 rings (SSSR count). The van der Waals surface area contributed by atoms with Crippen LogP contribution in [0.3, 0.4) is 0 Å². The fourth-order valence-corrected chi connectivity index (χ4v) is 4.96. The van der Waals surface area contributed by atoms with Gasteiger partial charge in [0.25, 0.3) is 0 Å². The summed E-state index contributed by atoms with van der Waals surface area (Å²) in [5.74, 6) is -0.00356. The molecule has 0 aromatic heterocycles. The third kappa shape index (κ3) is 8.78. The van der Waals surface area contributed by atoms with Gasteiger partial charge in [-0.1, -0.05) is 41.4 Å². The average Bonchev–Trinajstić information content (AvgIpc) is 3.00. The van der Waals surface area contributed by atoms with Crippen molar-refractivity contribution in [2.45, 2.75) is 32.7 Å². The van der Waals surface area contributed by atoms with Gasteiger partial charge < -0.3 is 34.7 Å². The van der Waals surface area contributed by atoms with Crippen molar-refractivity contribution in [1.29, 1.82) is 0 Å². The number of benzene rings is 3. The number of hydrazone groups is 1. The summed E-state index contributed by atoms with van der Waals surface area (Å²) in [5.41, 5.74) is 5.02. The van der Waals surface area contributed by atoms with Crippen molar-refractivity contribution in [2.75, 3.05) is 20.3 Å². The van der Waals surface area contributed by atoms with E-state index >= 15 is 0 Å². The molecule has 1 aliphatic heterocycles. The lowest BCUT2D eigenvalue weighted by Gasteiger charge is -2.28. The van der Waals surface area contributed by atoms with E-state index in [-0.39, 0.29) is 40.4 Å². The van der Waals surface area contributed by atoms with Gasteiger partial charge in [-0.15, -0.1) is 0 Å². The second-order valence-electron chi connectivity index (χ2n) is 9.64. The van der Waals surface area contributed by atoms with Crippen molar-refractivity contribution in [1.82, 2.24) is 16.1 Å². The summed E-state index contributed by atoms with van der Waals surface area (Å²) in [7, 11) is 1.26. The number of carbonyl (C=O) groups is 2. The molecule has 3 aromatic rings. The van der Waals surface area contributed by atoms with Crippen LogP contribution < -0.4 is 30.3 Å². The first-order valence-corrected chi connectivity index (χ1v) is 14.4. The highest BCUT2D eigenvalue weighted by Gasteiger charge is 2.32. The van der Waals surface area contributed by atoms with Crippen LogP contribution in [0.2, 0.25) is 10.0 Å². The highest BCUT2D eigenvalue weighted by atomic mass is 35.5. The van der Waals surface area contributed by atoms with Gasteiger partial charge in [-0.05, 0) is 66.9 Å². The molecular formula is C31H31Cl2FN4O7. The average molecular weight is 662 g/mol.